The minimum Gasteiger partial charge on any atom is -0.480 e. The summed E-state index contributed by atoms with van der Waals surface area (Å²) in [4.78, 5) is 25.6. The van der Waals surface area contributed by atoms with Crippen molar-refractivity contribution in [1.29, 1.82) is 0 Å². The number of hydrogen-bond acceptors (Lipinski definition) is 2. The maximum absolute atomic E-state index is 12.5. The number of carbonyl (C=O) groups is 2. The number of carboxylic acids is 1. The Morgan fingerprint density at radius 1 is 1.19 bits per heavy atom. The Bertz CT molecular complexity index is 406. The van der Waals surface area contributed by atoms with Crippen LogP contribution in [0.4, 0.5) is 4.79 Å². The quantitative estimate of drug-likeness (QED) is 0.818. The van der Waals surface area contributed by atoms with Crippen molar-refractivity contribution in [3.05, 3.63) is 0 Å². The van der Waals surface area contributed by atoms with Crippen LogP contribution in [0.15, 0.2) is 0 Å². The maximum atomic E-state index is 12.5. The number of rotatable bonds is 5. The van der Waals surface area contributed by atoms with Gasteiger partial charge in [0.05, 0.1) is 0 Å². The minimum atomic E-state index is -0.863. The van der Waals surface area contributed by atoms with Crippen LogP contribution in [0.5, 0.6) is 0 Å². The highest BCUT2D eigenvalue weighted by Gasteiger charge is 2.44. The lowest BCUT2D eigenvalue weighted by molar-refractivity contribution is -0.144. The lowest BCUT2D eigenvalue weighted by atomic mass is 9.89. The lowest BCUT2D eigenvalue weighted by Gasteiger charge is -2.37. The molecule has 118 valence electrons. The zero-order chi connectivity index (χ0) is 15.0. The van der Waals surface area contributed by atoms with E-state index in [1.807, 2.05) is 0 Å². The highest BCUT2D eigenvalue weighted by atomic mass is 16.4. The fourth-order valence-corrected chi connectivity index (χ4v) is 3.64. The van der Waals surface area contributed by atoms with Crippen molar-refractivity contribution >= 4 is 12.0 Å². The molecule has 0 aromatic rings. The molecule has 3 fully saturated rings. The van der Waals surface area contributed by atoms with Gasteiger partial charge in [-0.2, -0.15) is 0 Å². The predicted octanol–water partition coefficient (Wildman–Crippen LogP) is 2.46. The summed E-state index contributed by atoms with van der Waals surface area (Å²) in [6.07, 6.45) is 7.35. The lowest BCUT2D eigenvalue weighted by Crippen LogP contribution is -2.55. The molecule has 0 bridgehead atoms. The van der Waals surface area contributed by atoms with E-state index in [4.69, 9.17) is 0 Å². The molecule has 1 heterocycles. The summed E-state index contributed by atoms with van der Waals surface area (Å²) in [5.41, 5.74) is 0. The molecule has 1 aliphatic heterocycles. The van der Waals surface area contributed by atoms with Crippen molar-refractivity contribution in [3.63, 3.8) is 0 Å². The van der Waals surface area contributed by atoms with Crippen molar-refractivity contribution in [2.24, 2.45) is 17.8 Å². The molecule has 0 radical (unpaired) electrons. The molecule has 2 N–H and O–H groups in total. The van der Waals surface area contributed by atoms with E-state index in [0.29, 0.717) is 30.7 Å². The Morgan fingerprint density at radius 3 is 2.29 bits per heavy atom. The summed E-state index contributed by atoms with van der Waals surface area (Å²) < 4.78 is 0. The van der Waals surface area contributed by atoms with Gasteiger partial charge in [-0.05, 0) is 56.3 Å². The molecule has 3 rings (SSSR count). The number of carbonyl (C=O) groups excluding carboxylic acids is 1. The normalized spacial score (nSPS) is 29.5. The third kappa shape index (κ3) is 3.33. The van der Waals surface area contributed by atoms with Gasteiger partial charge in [0.1, 0.15) is 6.04 Å². The largest absolute Gasteiger partial charge is 0.480 e. The number of nitrogens with one attached hydrogen (secondary N) is 1. The van der Waals surface area contributed by atoms with Gasteiger partial charge in [0, 0.05) is 12.6 Å². The molecular formula is C16H26N2O3. The van der Waals surface area contributed by atoms with Gasteiger partial charge in [-0.3, -0.25) is 0 Å². The van der Waals surface area contributed by atoms with Crippen molar-refractivity contribution in [2.75, 3.05) is 6.54 Å². The van der Waals surface area contributed by atoms with E-state index < -0.39 is 12.0 Å². The number of hydrogen-bond donors (Lipinski definition) is 2. The molecule has 2 aliphatic carbocycles. The molecule has 3 aliphatic rings. The van der Waals surface area contributed by atoms with Crippen molar-refractivity contribution in [1.82, 2.24) is 10.2 Å². The summed E-state index contributed by atoms with van der Waals surface area (Å²) in [5.74, 6) is 0.839. The summed E-state index contributed by atoms with van der Waals surface area (Å²) in [6.45, 7) is 2.67. The van der Waals surface area contributed by atoms with Gasteiger partial charge in [0.25, 0.3) is 0 Å². The average molecular weight is 294 g/mol. The average Bonchev–Trinajstić information content (AvgIpc) is 3.37. The standard InChI is InChI=1S/C16H26N2O3/c1-2-10-7-8-18(13(9-10)15(19)20)16(21)17-14(11-3-4-11)12-5-6-12/h10-14H,2-9H2,1H3,(H,17,21)(H,19,20). The first-order valence-electron chi connectivity index (χ1n) is 8.40. The molecule has 2 saturated carbocycles. The van der Waals surface area contributed by atoms with Gasteiger partial charge in [0.15, 0.2) is 0 Å². The molecule has 2 atom stereocenters. The van der Waals surface area contributed by atoms with Gasteiger partial charge in [-0.25, -0.2) is 9.59 Å². The van der Waals surface area contributed by atoms with Gasteiger partial charge < -0.3 is 15.3 Å². The molecule has 0 aromatic carbocycles. The SMILES string of the molecule is CCC1CCN(C(=O)NC(C2CC2)C2CC2)C(C(=O)O)C1. The third-order valence-corrected chi connectivity index (χ3v) is 5.38. The van der Waals surface area contributed by atoms with Gasteiger partial charge >= 0.3 is 12.0 Å². The van der Waals surface area contributed by atoms with Crippen LogP contribution in [-0.4, -0.2) is 40.6 Å². The summed E-state index contributed by atoms with van der Waals surface area (Å²) >= 11 is 0. The first-order valence-corrected chi connectivity index (χ1v) is 8.40. The highest BCUT2D eigenvalue weighted by Crippen LogP contribution is 2.44. The molecule has 1 saturated heterocycles. The number of nitrogens with zero attached hydrogens (tertiary/aromatic N) is 1. The van der Waals surface area contributed by atoms with Crippen LogP contribution < -0.4 is 5.32 Å². The van der Waals surface area contributed by atoms with Crippen LogP contribution in [0.2, 0.25) is 0 Å². The Kier molecular flexibility index (Phi) is 4.09. The predicted molar refractivity (Wildman–Crippen MR) is 78.9 cm³/mol. The molecule has 0 aromatic heterocycles. The number of likely N-dealkylation sites (tertiary alicyclic amines) is 1. The number of amides is 2. The first kappa shape index (κ1) is 14.7. The summed E-state index contributed by atoms with van der Waals surface area (Å²) in [6, 6.07) is -0.514. The molecule has 0 spiro atoms. The molecule has 21 heavy (non-hydrogen) atoms. The number of aliphatic carboxylic acids is 1. The smallest absolute Gasteiger partial charge is 0.326 e. The van der Waals surface area contributed by atoms with Crippen LogP contribution >= 0.6 is 0 Å². The molecule has 2 amide bonds. The van der Waals surface area contributed by atoms with Crippen LogP contribution in [0.1, 0.15) is 51.9 Å². The van der Waals surface area contributed by atoms with Crippen LogP contribution in [-0.2, 0) is 4.79 Å². The first-order chi connectivity index (χ1) is 10.1. The van der Waals surface area contributed by atoms with Crippen LogP contribution in [0.3, 0.4) is 0 Å². The van der Waals surface area contributed by atoms with Crippen molar-refractivity contribution in [2.45, 2.75) is 64.0 Å². The monoisotopic (exact) mass is 294 g/mol. The van der Waals surface area contributed by atoms with E-state index in [2.05, 4.69) is 12.2 Å². The fourth-order valence-electron chi connectivity index (χ4n) is 3.64. The van der Waals surface area contributed by atoms with Crippen molar-refractivity contribution in [3.8, 4) is 0 Å². The van der Waals surface area contributed by atoms with E-state index in [1.54, 1.807) is 4.90 Å². The minimum absolute atomic E-state index is 0.152. The molecule has 5 nitrogen and oxygen atoms in total. The second-order valence-electron chi connectivity index (χ2n) is 7.00. The fraction of sp³-hybridized carbons (Fsp3) is 0.875. The zero-order valence-corrected chi connectivity index (χ0v) is 12.8. The Labute approximate surface area is 126 Å². The van der Waals surface area contributed by atoms with E-state index in [0.717, 1.165) is 12.8 Å². The van der Waals surface area contributed by atoms with Crippen LogP contribution in [0, 0.1) is 17.8 Å². The second kappa shape index (κ2) is 5.85. The second-order valence-corrected chi connectivity index (χ2v) is 7.00. The summed E-state index contributed by atoms with van der Waals surface area (Å²) in [5, 5.41) is 12.6. The number of piperidine rings is 1. The van der Waals surface area contributed by atoms with Gasteiger partial charge in [-0.1, -0.05) is 13.3 Å². The number of urea groups is 1. The zero-order valence-electron chi connectivity index (χ0n) is 12.8. The number of carboxylic acid groups (broad SMARTS) is 1. The third-order valence-electron chi connectivity index (χ3n) is 5.38. The van der Waals surface area contributed by atoms with Crippen molar-refractivity contribution < 1.29 is 14.7 Å². The Morgan fingerprint density at radius 2 is 1.81 bits per heavy atom. The molecular weight excluding hydrogens is 268 g/mol. The Hall–Kier alpha value is -1.26. The van der Waals surface area contributed by atoms with Crippen LogP contribution in [0.25, 0.3) is 0 Å². The Balaban J connectivity index is 1.63. The van der Waals surface area contributed by atoms with Gasteiger partial charge in [0.2, 0.25) is 0 Å². The van der Waals surface area contributed by atoms with E-state index >= 15 is 0 Å². The maximum Gasteiger partial charge on any atom is 0.326 e. The topological polar surface area (TPSA) is 69.6 Å². The summed E-state index contributed by atoms with van der Waals surface area (Å²) in [7, 11) is 0. The highest BCUT2D eigenvalue weighted by molar-refractivity contribution is 5.83. The van der Waals surface area contributed by atoms with E-state index in [9.17, 15) is 14.7 Å². The molecule has 5 heteroatoms. The van der Waals surface area contributed by atoms with E-state index in [1.165, 1.54) is 25.7 Å². The van der Waals surface area contributed by atoms with E-state index in [-0.39, 0.29) is 12.1 Å². The van der Waals surface area contributed by atoms with Gasteiger partial charge in [-0.15, -0.1) is 0 Å². The molecule has 2 unspecified atom stereocenters.